The van der Waals surface area contributed by atoms with E-state index in [2.05, 4.69) is 20.3 Å². The van der Waals surface area contributed by atoms with Crippen molar-refractivity contribution in [3.8, 4) is 21.7 Å². The molecule has 0 unspecified atom stereocenters. The lowest BCUT2D eigenvalue weighted by Crippen LogP contribution is -2.14. The van der Waals surface area contributed by atoms with Crippen LogP contribution in [0.2, 0.25) is 0 Å². The minimum atomic E-state index is -4.52. The molecule has 168 valence electrons. The first-order chi connectivity index (χ1) is 16.4. The average molecular weight is 476 g/mol. The summed E-state index contributed by atoms with van der Waals surface area (Å²) in [5, 5.41) is 2.67. The number of anilines is 1. The van der Waals surface area contributed by atoms with Gasteiger partial charge in [-0.15, -0.1) is 11.3 Å². The number of alkyl halides is 3. The van der Waals surface area contributed by atoms with Crippen molar-refractivity contribution in [2.24, 2.45) is 0 Å². The number of amides is 1. The lowest BCUT2D eigenvalue weighted by Gasteiger charge is -2.10. The van der Waals surface area contributed by atoms with Crippen molar-refractivity contribution in [1.82, 2.24) is 15.0 Å². The maximum absolute atomic E-state index is 13.0. The Morgan fingerprint density at radius 3 is 2.53 bits per heavy atom. The number of hydrogen-bond acceptors (Lipinski definition) is 5. The quantitative estimate of drug-likeness (QED) is 0.314. The van der Waals surface area contributed by atoms with E-state index >= 15 is 0 Å². The Bertz CT molecular complexity index is 1500. The van der Waals surface area contributed by atoms with Crippen LogP contribution < -0.4 is 5.32 Å². The molecule has 1 amide bonds. The Morgan fingerprint density at radius 2 is 1.74 bits per heavy atom. The molecular formula is C25H15F3N4OS. The fourth-order valence-corrected chi connectivity index (χ4v) is 4.61. The molecular weight excluding hydrogens is 461 g/mol. The first kappa shape index (κ1) is 21.7. The molecule has 2 aromatic carbocycles. The molecule has 3 heterocycles. The van der Waals surface area contributed by atoms with E-state index in [9.17, 15) is 18.0 Å². The predicted octanol–water partition coefficient (Wildman–Crippen LogP) is 6.69. The fourth-order valence-electron chi connectivity index (χ4n) is 3.50. The minimum Gasteiger partial charge on any atom is -0.322 e. The smallest absolute Gasteiger partial charge is 0.322 e. The zero-order chi connectivity index (χ0) is 23.7. The molecule has 0 saturated heterocycles. The standard InChI is InChI=1S/C25H15F3N4OS/c26-25(27,28)18-7-1-5-16(10-18)24(33)32-19-8-2-4-15(11-19)22-23-20(30-14-31-22)12-21(34-23)17-6-3-9-29-13-17/h1-14H,(H,32,33). The number of rotatable bonds is 4. The second kappa shape index (κ2) is 8.68. The highest BCUT2D eigenvalue weighted by Gasteiger charge is 2.30. The Balaban J connectivity index is 1.46. The number of pyridine rings is 1. The predicted molar refractivity (Wildman–Crippen MR) is 125 cm³/mol. The summed E-state index contributed by atoms with van der Waals surface area (Å²) in [7, 11) is 0. The highest BCUT2D eigenvalue weighted by atomic mass is 32.1. The van der Waals surface area contributed by atoms with E-state index in [1.54, 1.807) is 30.6 Å². The molecule has 0 radical (unpaired) electrons. The summed E-state index contributed by atoms with van der Waals surface area (Å²) in [6.07, 6.45) is 0.443. The third kappa shape index (κ3) is 4.38. The van der Waals surface area contributed by atoms with Crippen molar-refractivity contribution >= 4 is 33.1 Å². The van der Waals surface area contributed by atoms with E-state index in [-0.39, 0.29) is 5.56 Å². The first-order valence-corrected chi connectivity index (χ1v) is 10.9. The zero-order valence-corrected chi connectivity index (χ0v) is 18.2. The largest absolute Gasteiger partial charge is 0.416 e. The molecule has 0 spiro atoms. The van der Waals surface area contributed by atoms with Crippen LogP contribution in [0.4, 0.5) is 18.9 Å². The minimum absolute atomic E-state index is 0.0796. The summed E-state index contributed by atoms with van der Waals surface area (Å²) < 4.78 is 39.8. The number of carbonyl (C=O) groups is 1. The molecule has 0 saturated carbocycles. The molecule has 0 atom stereocenters. The van der Waals surface area contributed by atoms with Crippen LogP contribution in [0.25, 0.3) is 31.9 Å². The van der Waals surface area contributed by atoms with Crippen molar-refractivity contribution in [1.29, 1.82) is 0 Å². The van der Waals surface area contributed by atoms with Crippen LogP contribution in [0.5, 0.6) is 0 Å². The SMILES string of the molecule is O=C(Nc1cccc(-c2ncnc3cc(-c4cccnc4)sc23)c1)c1cccc(C(F)(F)F)c1. The van der Waals surface area contributed by atoms with Gasteiger partial charge in [-0.25, -0.2) is 9.97 Å². The third-order valence-electron chi connectivity index (χ3n) is 5.10. The molecule has 1 N–H and O–H groups in total. The van der Waals surface area contributed by atoms with Crippen LogP contribution >= 0.6 is 11.3 Å². The van der Waals surface area contributed by atoms with Gasteiger partial charge in [-0.05, 0) is 42.5 Å². The number of nitrogens with zero attached hydrogens (tertiary/aromatic N) is 3. The lowest BCUT2D eigenvalue weighted by atomic mass is 10.1. The van der Waals surface area contributed by atoms with E-state index < -0.39 is 17.6 Å². The maximum Gasteiger partial charge on any atom is 0.416 e. The van der Waals surface area contributed by atoms with Gasteiger partial charge in [-0.3, -0.25) is 9.78 Å². The number of fused-ring (bicyclic) bond motifs is 1. The van der Waals surface area contributed by atoms with Gasteiger partial charge in [-0.1, -0.05) is 24.3 Å². The molecule has 3 aromatic heterocycles. The fraction of sp³-hybridized carbons (Fsp3) is 0.0400. The summed E-state index contributed by atoms with van der Waals surface area (Å²) in [6, 6.07) is 17.1. The molecule has 5 nitrogen and oxygen atoms in total. The summed E-state index contributed by atoms with van der Waals surface area (Å²) >= 11 is 1.53. The summed E-state index contributed by atoms with van der Waals surface area (Å²) in [4.78, 5) is 26.6. The Hall–Kier alpha value is -4.11. The van der Waals surface area contributed by atoms with Gasteiger partial charge in [0, 0.05) is 39.6 Å². The van der Waals surface area contributed by atoms with Crippen LogP contribution in [0.1, 0.15) is 15.9 Å². The molecule has 5 rings (SSSR count). The number of aromatic nitrogens is 3. The monoisotopic (exact) mass is 476 g/mol. The van der Waals surface area contributed by atoms with Crippen molar-refractivity contribution in [3.63, 3.8) is 0 Å². The number of benzene rings is 2. The van der Waals surface area contributed by atoms with Gasteiger partial charge in [0.1, 0.15) is 6.33 Å². The number of nitrogens with one attached hydrogen (secondary N) is 1. The molecule has 0 aliphatic heterocycles. The molecule has 0 aliphatic carbocycles. The number of thiophene rings is 1. The second-order valence-electron chi connectivity index (χ2n) is 7.40. The van der Waals surface area contributed by atoms with Crippen LogP contribution in [0.3, 0.4) is 0 Å². The van der Waals surface area contributed by atoms with Crippen LogP contribution in [0.15, 0.2) is 85.5 Å². The summed E-state index contributed by atoms with van der Waals surface area (Å²) in [5.74, 6) is -0.633. The summed E-state index contributed by atoms with van der Waals surface area (Å²) in [5.41, 5.74) is 2.68. The molecule has 0 fully saturated rings. The lowest BCUT2D eigenvalue weighted by molar-refractivity contribution is -0.137. The van der Waals surface area contributed by atoms with Gasteiger partial charge < -0.3 is 5.32 Å². The maximum atomic E-state index is 13.0. The first-order valence-electron chi connectivity index (χ1n) is 10.1. The number of carbonyl (C=O) groups excluding carboxylic acids is 1. The van der Waals surface area contributed by atoms with Crippen molar-refractivity contribution in [2.75, 3.05) is 5.32 Å². The van der Waals surface area contributed by atoms with Crippen molar-refractivity contribution < 1.29 is 18.0 Å². The molecule has 34 heavy (non-hydrogen) atoms. The van der Waals surface area contributed by atoms with E-state index in [4.69, 9.17) is 0 Å². The number of hydrogen-bond donors (Lipinski definition) is 1. The highest BCUT2D eigenvalue weighted by Crippen LogP contribution is 2.37. The van der Waals surface area contributed by atoms with E-state index in [1.165, 1.54) is 29.8 Å². The number of halogens is 3. The zero-order valence-electron chi connectivity index (χ0n) is 17.4. The van der Waals surface area contributed by atoms with Gasteiger partial charge in [0.05, 0.1) is 21.5 Å². The van der Waals surface area contributed by atoms with Crippen LogP contribution in [-0.4, -0.2) is 20.9 Å². The molecule has 9 heteroatoms. The van der Waals surface area contributed by atoms with Crippen molar-refractivity contribution in [3.05, 3.63) is 96.6 Å². The average Bonchev–Trinajstić information content (AvgIpc) is 3.29. The molecule has 5 aromatic rings. The van der Waals surface area contributed by atoms with Gasteiger partial charge in [0.2, 0.25) is 0 Å². The normalized spacial score (nSPS) is 11.5. The van der Waals surface area contributed by atoms with E-state index in [0.29, 0.717) is 11.4 Å². The second-order valence-corrected chi connectivity index (χ2v) is 8.45. The van der Waals surface area contributed by atoms with Gasteiger partial charge in [0.25, 0.3) is 5.91 Å². The van der Waals surface area contributed by atoms with Crippen LogP contribution in [-0.2, 0) is 6.18 Å². The van der Waals surface area contributed by atoms with Gasteiger partial charge in [0.15, 0.2) is 0 Å². The summed E-state index contributed by atoms with van der Waals surface area (Å²) in [6.45, 7) is 0. The van der Waals surface area contributed by atoms with Crippen molar-refractivity contribution in [2.45, 2.75) is 6.18 Å². The highest BCUT2D eigenvalue weighted by molar-refractivity contribution is 7.22. The Kier molecular flexibility index (Phi) is 5.54. The Morgan fingerprint density at radius 1 is 0.912 bits per heavy atom. The van der Waals surface area contributed by atoms with Gasteiger partial charge >= 0.3 is 6.18 Å². The Labute approximate surface area is 196 Å². The van der Waals surface area contributed by atoms with E-state index in [0.717, 1.165) is 38.4 Å². The van der Waals surface area contributed by atoms with Crippen LogP contribution in [0, 0.1) is 0 Å². The van der Waals surface area contributed by atoms with Gasteiger partial charge in [-0.2, -0.15) is 13.2 Å². The topological polar surface area (TPSA) is 67.8 Å². The molecule has 0 bridgehead atoms. The third-order valence-corrected chi connectivity index (χ3v) is 6.28. The molecule has 0 aliphatic rings. The van der Waals surface area contributed by atoms with E-state index in [1.807, 2.05) is 24.3 Å².